The minimum atomic E-state index is 0.0929. The number of likely N-dealkylation sites (tertiary alicyclic amines) is 1. The predicted octanol–water partition coefficient (Wildman–Crippen LogP) is 2.95. The fourth-order valence-electron chi connectivity index (χ4n) is 3.90. The molecule has 2 aliphatic rings. The molecule has 2 heterocycles. The van der Waals surface area contributed by atoms with E-state index >= 15 is 0 Å². The molecular weight excluding hydrogens is 340 g/mol. The molecule has 5 nitrogen and oxygen atoms in total. The third-order valence-corrected chi connectivity index (χ3v) is 5.24. The van der Waals surface area contributed by atoms with Crippen LogP contribution in [0.25, 0.3) is 0 Å². The number of nitrogens with zero attached hydrogens (tertiary/aromatic N) is 1. The summed E-state index contributed by atoms with van der Waals surface area (Å²) in [6, 6.07) is 16.8. The minimum Gasteiger partial charge on any atom is -0.486 e. The highest BCUT2D eigenvalue weighted by Crippen LogP contribution is 2.32. The van der Waals surface area contributed by atoms with E-state index in [1.54, 1.807) is 0 Å². The first-order valence-electron chi connectivity index (χ1n) is 9.74. The summed E-state index contributed by atoms with van der Waals surface area (Å²) in [5.41, 5.74) is 2.45. The lowest BCUT2D eigenvalue weighted by Gasteiger charge is -2.24. The molecule has 0 radical (unpaired) electrons. The minimum absolute atomic E-state index is 0.0929. The second-order valence-corrected chi connectivity index (χ2v) is 7.12. The molecule has 142 valence electrons. The predicted molar refractivity (Wildman–Crippen MR) is 104 cm³/mol. The number of fused-ring (bicyclic) bond motifs is 1. The summed E-state index contributed by atoms with van der Waals surface area (Å²) in [6.45, 7) is 3.26. The van der Waals surface area contributed by atoms with Gasteiger partial charge in [-0.2, -0.15) is 0 Å². The zero-order valence-electron chi connectivity index (χ0n) is 15.5. The Bertz CT molecular complexity index is 778. The van der Waals surface area contributed by atoms with Crippen molar-refractivity contribution in [2.45, 2.75) is 25.3 Å². The zero-order valence-corrected chi connectivity index (χ0v) is 15.5. The number of carbonyl (C=O) groups is 1. The van der Waals surface area contributed by atoms with Gasteiger partial charge in [0.1, 0.15) is 13.2 Å². The van der Waals surface area contributed by atoms with Crippen molar-refractivity contribution >= 4 is 5.91 Å². The summed E-state index contributed by atoms with van der Waals surface area (Å²) in [5.74, 6) is 1.69. The summed E-state index contributed by atoms with van der Waals surface area (Å²) >= 11 is 0. The Labute approximate surface area is 160 Å². The number of carbonyl (C=O) groups excluding carboxylic acids is 1. The highest BCUT2D eigenvalue weighted by molar-refractivity contribution is 5.78. The highest BCUT2D eigenvalue weighted by Gasteiger charge is 2.27. The maximum absolute atomic E-state index is 12.4. The number of amides is 1. The topological polar surface area (TPSA) is 50.8 Å². The number of hydrogen-bond acceptors (Lipinski definition) is 4. The van der Waals surface area contributed by atoms with Crippen LogP contribution in [0.3, 0.4) is 0 Å². The third kappa shape index (κ3) is 4.42. The van der Waals surface area contributed by atoms with E-state index < -0.39 is 0 Å². The molecule has 1 atom stereocenters. The lowest BCUT2D eigenvalue weighted by atomic mass is 10.0. The van der Waals surface area contributed by atoms with Crippen LogP contribution < -0.4 is 14.8 Å². The summed E-state index contributed by atoms with van der Waals surface area (Å²) in [6.07, 6.45) is 3.04. The molecule has 0 spiro atoms. The fraction of sp³-hybridized carbons (Fsp3) is 0.409. The van der Waals surface area contributed by atoms with Crippen LogP contribution in [0.15, 0.2) is 48.5 Å². The van der Waals surface area contributed by atoms with Crippen LogP contribution >= 0.6 is 0 Å². The molecule has 2 aliphatic heterocycles. The van der Waals surface area contributed by atoms with Crippen LogP contribution in [-0.2, 0) is 11.2 Å². The van der Waals surface area contributed by atoms with E-state index in [0.717, 1.165) is 42.9 Å². The number of rotatable bonds is 6. The molecule has 1 saturated heterocycles. The summed E-state index contributed by atoms with van der Waals surface area (Å²) in [5, 5.41) is 3.06. The van der Waals surface area contributed by atoms with Gasteiger partial charge in [0.05, 0.1) is 6.54 Å². The normalized spacial score (nSPS) is 19.0. The van der Waals surface area contributed by atoms with Gasteiger partial charge in [0.2, 0.25) is 5.91 Å². The summed E-state index contributed by atoms with van der Waals surface area (Å²) < 4.78 is 11.2. The van der Waals surface area contributed by atoms with Crippen LogP contribution in [0.5, 0.6) is 11.5 Å². The number of benzene rings is 2. The molecule has 0 aliphatic carbocycles. The van der Waals surface area contributed by atoms with E-state index in [9.17, 15) is 4.79 Å². The number of hydrogen-bond donors (Lipinski definition) is 1. The van der Waals surface area contributed by atoms with Crippen molar-refractivity contribution in [3.63, 3.8) is 0 Å². The molecule has 5 heteroatoms. The van der Waals surface area contributed by atoms with Crippen molar-refractivity contribution < 1.29 is 14.3 Å². The van der Waals surface area contributed by atoms with Gasteiger partial charge in [-0.15, -0.1) is 0 Å². The zero-order chi connectivity index (χ0) is 18.5. The first-order chi connectivity index (χ1) is 13.3. The quantitative estimate of drug-likeness (QED) is 0.854. The summed E-state index contributed by atoms with van der Waals surface area (Å²) in [4.78, 5) is 14.7. The Balaban J connectivity index is 1.26. The van der Waals surface area contributed by atoms with E-state index in [1.165, 1.54) is 5.56 Å². The molecule has 4 rings (SSSR count). The van der Waals surface area contributed by atoms with Crippen molar-refractivity contribution in [1.82, 2.24) is 10.2 Å². The molecular formula is C22H26N2O3. The molecule has 1 unspecified atom stereocenters. The van der Waals surface area contributed by atoms with Crippen LogP contribution in [0.1, 0.15) is 30.0 Å². The SMILES string of the molecule is O=C(CN1CCCC1c1ccccc1)NCCc1ccc2c(c1)OCCO2. The van der Waals surface area contributed by atoms with Gasteiger partial charge in [-0.1, -0.05) is 36.4 Å². The molecule has 27 heavy (non-hydrogen) atoms. The Hall–Kier alpha value is -2.53. The highest BCUT2D eigenvalue weighted by atomic mass is 16.6. The van der Waals surface area contributed by atoms with Gasteiger partial charge in [0, 0.05) is 12.6 Å². The van der Waals surface area contributed by atoms with Crippen molar-refractivity contribution in [1.29, 1.82) is 0 Å². The molecule has 1 amide bonds. The second-order valence-electron chi connectivity index (χ2n) is 7.12. The third-order valence-electron chi connectivity index (χ3n) is 5.24. The second kappa shape index (κ2) is 8.44. The molecule has 2 aromatic carbocycles. The first-order valence-corrected chi connectivity index (χ1v) is 9.74. The van der Waals surface area contributed by atoms with Crippen LogP contribution in [-0.4, -0.2) is 43.7 Å². The van der Waals surface area contributed by atoms with E-state index in [1.807, 2.05) is 24.3 Å². The van der Waals surface area contributed by atoms with Crippen molar-refractivity contribution in [2.75, 3.05) is 32.8 Å². The molecule has 0 aromatic heterocycles. The fourth-order valence-corrected chi connectivity index (χ4v) is 3.90. The van der Waals surface area contributed by atoms with Crippen LogP contribution in [0, 0.1) is 0 Å². The number of nitrogens with one attached hydrogen (secondary N) is 1. The Kier molecular flexibility index (Phi) is 5.58. The van der Waals surface area contributed by atoms with Crippen molar-refractivity contribution in [3.8, 4) is 11.5 Å². The van der Waals surface area contributed by atoms with E-state index in [4.69, 9.17) is 9.47 Å². The Morgan fingerprint density at radius 1 is 1.07 bits per heavy atom. The van der Waals surface area contributed by atoms with Gasteiger partial charge >= 0.3 is 0 Å². The Morgan fingerprint density at radius 2 is 1.89 bits per heavy atom. The average Bonchev–Trinajstić information content (AvgIpc) is 3.16. The van der Waals surface area contributed by atoms with Crippen molar-refractivity contribution in [2.24, 2.45) is 0 Å². The maximum atomic E-state index is 12.4. The van der Waals surface area contributed by atoms with Gasteiger partial charge < -0.3 is 14.8 Å². The maximum Gasteiger partial charge on any atom is 0.234 e. The van der Waals surface area contributed by atoms with E-state index in [2.05, 4.69) is 34.5 Å². The van der Waals surface area contributed by atoms with Crippen LogP contribution in [0.4, 0.5) is 0 Å². The first kappa shape index (κ1) is 17.9. The molecule has 2 aromatic rings. The standard InChI is InChI=1S/C22H26N2O3/c25-22(16-24-12-4-7-19(24)18-5-2-1-3-6-18)23-11-10-17-8-9-20-21(15-17)27-14-13-26-20/h1-3,5-6,8-9,15,19H,4,7,10-14,16H2,(H,23,25). The molecule has 1 N–H and O–H groups in total. The Morgan fingerprint density at radius 3 is 2.74 bits per heavy atom. The van der Waals surface area contributed by atoms with Crippen molar-refractivity contribution in [3.05, 3.63) is 59.7 Å². The lowest BCUT2D eigenvalue weighted by Crippen LogP contribution is -2.37. The molecule has 0 saturated carbocycles. The summed E-state index contributed by atoms with van der Waals surface area (Å²) in [7, 11) is 0. The van der Waals surface area contributed by atoms with Gasteiger partial charge in [-0.25, -0.2) is 0 Å². The van der Waals surface area contributed by atoms with Crippen LogP contribution in [0.2, 0.25) is 0 Å². The van der Waals surface area contributed by atoms with E-state index in [-0.39, 0.29) is 5.91 Å². The molecule has 1 fully saturated rings. The average molecular weight is 366 g/mol. The van der Waals surface area contributed by atoms with Gasteiger partial charge in [-0.3, -0.25) is 9.69 Å². The van der Waals surface area contributed by atoms with Gasteiger partial charge in [0.15, 0.2) is 11.5 Å². The lowest BCUT2D eigenvalue weighted by molar-refractivity contribution is -0.122. The van der Waals surface area contributed by atoms with E-state index in [0.29, 0.717) is 32.3 Å². The molecule has 0 bridgehead atoms. The largest absolute Gasteiger partial charge is 0.486 e. The number of ether oxygens (including phenoxy) is 2. The monoisotopic (exact) mass is 366 g/mol. The smallest absolute Gasteiger partial charge is 0.234 e. The van der Waals surface area contributed by atoms with Gasteiger partial charge in [-0.05, 0) is 49.1 Å². The van der Waals surface area contributed by atoms with Gasteiger partial charge in [0.25, 0.3) is 0 Å².